The molecule has 6 nitrogen and oxygen atoms in total. The van der Waals surface area contributed by atoms with Gasteiger partial charge >= 0.3 is 0 Å². The third-order valence-corrected chi connectivity index (χ3v) is 6.57. The fraction of sp³-hybridized carbons (Fsp3) is 0.579. The number of anilines is 1. The normalized spacial score (nSPS) is 30.0. The highest BCUT2D eigenvalue weighted by atomic mass is 32.1. The molecule has 2 aromatic rings. The number of benzene rings is 1. The minimum Gasteiger partial charge on any atom is -0.489 e. The number of aromatic nitrogens is 1. The SMILES string of the molecule is CC(C)Oc1cccc2nc(NC3=NC[C@@]4(CN5CCC4CC5)O3)sc12. The Bertz CT molecular complexity index is 856. The average Bonchev–Trinajstić information content (AvgIpc) is 3.20. The van der Waals surface area contributed by atoms with Crippen molar-refractivity contribution in [2.75, 3.05) is 31.5 Å². The van der Waals surface area contributed by atoms with Crippen LogP contribution in [0.1, 0.15) is 26.7 Å². The number of thiazole rings is 1. The minimum atomic E-state index is -0.124. The molecule has 0 amide bonds. The summed E-state index contributed by atoms with van der Waals surface area (Å²) in [6.07, 6.45) is 2.58. The van der Waals surface area contributed by atoms with Crippen molar-refractivity contribution in [2.45, 2.75) is 38.4 Å². The second-order valence-electron chi connectivity index (χ2n) is 7.75. The first-order chi connectivity index (χ1) is 12.6. The molecule has 138 valence electrons. The van der Waals surface area contributed by atoms with Crippen molar-refractivity contribution in [3.8, 4) is 5.75 Å². The summed E-state index contributed by atoms with van der Waals surface area (Å²) >= 11 is 1.58. The van der Waals surface area contributed by atoms with Crippen molar-refractivity contribution in [2.24, 2.45) is 10.9 Å². The molecular weight excluding hydrogens is 348 g/mol. The second kappa shape index (κ2) is 6.09. The summed E-state index contributed by atoms with van der Waals surface area (Å²) in [6, 6.07) is 6.60. The van der Waals surface area contributed by atoms with Gasteiger partial charge in [0, 0.05) is 12.5 Å². The van der Waals surface area contributed by atoms with Crippen LogP contribution in [0.15, 0.2) is 23.2 Å². The predicted octanol–water partition coefficient (Wildman–Crippen LogP) is 3.35. The molecule has 5 heterocycles. The van der Waals surface area contributed by atoms with E-state index in [2.05, 4.69) is 20.2 Å². The molecule has 4 aliphatic rings. The van der Waals surface area contributed by atoms with Gasteiger partial charge < -0.3 is 9.47 Å². The number of hydrogen-bond acceptors (Lipinski definition) is 7. The molecule has 0 aliphatic carbocycles. The molecule has 0 saturated carbocycles. The summed E-state index contributed by atoms with van der Waals surface area (Å²) < 4.78 is 13.3. The van der Waals surface area contributed by atoms with Crippen molar-refractivity contribution >= 4 is 32.7 Å². The van der Waals surface area contributed by atoms with Crippen molar-refractivity contribution < 1.29 is 9.47 Å². The highest BCUT2D eigenvalue weighted by Crippen LogP contribution is 2.41. The van der Waals surface area contributed by atoms with Gasteiger partial charge in [0.25, 0.3) is 6.02 Å². The number of hydrogen-bond donors (Lipinski definition) is 1. The summed E-state index contributed by atoms with van der Waals surface area (Å²) in [5.74, 6) is 1.50. The Hall–Kier alpha value is -1.86. The summed E-state index contributed by atoms with van der Waals surface area (Å²) in [5.41, 5.74) is 0.813. The minimum absolute atomic E-state index is 0.124. The third kappa shape index (κ3) is 2.74. The van der Waals surface area contributed by atoms with Crippen LogP contribution >= 0.6 is 11.3 Å². The lowest BCUT2D eigenvalue weighted by molar-refractivity contribution is -0.0829. The molecule has 0 radical (unpaired) electrons. The van der Waals surface area contributed by atoms with Crippen LogP contribution in [0.3, 0.4) is 0 Å². The van der Waals surface area contributed by atoms with Crippen LogP contribution in [-0.2, 0) is 4.74 Å². The molecule has 3 fully saturated rings. The number of piperidine rings is 3. The fourth-order valence-corrected chi connectivity index (χ4v) is 5.27. The largest absolute Gasteiger partial charge is 0.489 e. The number of nitrogens with one attached hydrogen (secondary N) is 1. The van der Waals surface area contributed by atoms with Crippen molar-refractivity contribution in [1.82, 2.24) is 9.88 Å². The topological polar surface area (TPSA) is 59.0 Å². The molecule has 2 bridgehead atoms. The lowest BCUT2D eigenvalue weighted by atomic mass is 9.75. The highest BCUT2D eigenvalue weighted by molar-refractivity contribution is 7.22. The Morgan fingerprint density at radius 3 is 2.92 bits per heavy atom. The first kappa shape index (κ1) is 16.3. The van der Waals surface area contributed by atoms with E-state index in [9.17, 15) is 0 Å². The smallest absolute Gasteiger partial charge is 0.291 e. The Morgan fingerprint density at radius 1 is 1.35 bits per heavy atom. The molecule has 1 spiro atoms. The molecule has 6 rings (SSSR count). The summed E-state index contributed by atoms with van der Waals surface area (Å²) in [7, 11) is 0. The molecule has 1 N–H and O–H groups in total. The van der Waals surface area contributed by atoms with Gasteiger partial charge in [-0.3, -0.25) is 10.2 Å². The monoisotopic (exact) mass is 372 g/mol. The quantitative estimate of drug-likeness (QED) is 0.895. The Labute approximate surface area is 157 Å². The zero-order valence-electron chi connectivity index (χ0n) is 15.2. The number of ether oxygens (including phenoxy) is 2. The van der Waals surface area contributed by atoms with Crippen LogP contribution in [0, 0.1) is 5.92 Å². The van der Waals surface area contributed by atoms with Gasteiger partial charge in [-0.15, -0.1) is 0 Å². The van der Waals surface area contributed by atoms with Crippen LogP contribution in [-0.4, -0.2) is 53.8 Å². The standard InChI is InChI=1S/C19H24N4O2S/c1-12(2)24-15-5-3-4-14-16(15)26-18(21-14)22-17-20-10-19(25-17)11-23-8-6-13(19)7-9-23/h3-5,12-13H,6-11H2,1-2H3,(H,20,21,22)/t19-/m0/s1. The van der Waals surface area contributed by atoms with E-state index >= 15 is 0 Å². The van der Waals surface area contributed by atoms with Crippen molar-refractivity contribution in [3.63, 3.8) is 0 Å². The number of fused-ring (bicyclic) bond motifs is 3. The van der Waals surface area contributed by atoms with E-state index in [1.807, 2.05) is 32.0 Å². The third-order valence-electron chi connectivity index (χ3n) is 5.57. The van der Waals surface area contributed by atoms with E-state index in [-0.39, 0.29) is 11.7 Å². The van der Waals surface area contributed by atoms with E-state index < -0.39 is 0 Å². The molecule has 4 aliphatic heterocycles. The zero-order chi connectivity index (χ0) is 17.7. The van der Waals surface area contributed by atoms with Crippen LogP contribution in [0.2, 0.25) is 0 Å². The van der Waals surface area contributed by atoms with Crippen molar-refractivity contribution in [3.05, 3.63) is 18.2 Å². The number of nitrogens with zero attached hydrogens (tertiary/aromatic N) is 3. The van der Waals surface area contributed by atoms with Gasteiger partial charge in [-0.2, -0.15) is 0 Å². The Morgan fingerprint density at radius 2 is 2.19 bits per heavy atom. The maximum atomic E-state index is 6.35. The average molecular weight is 372 g/mol. The van der Waals surface area contributed by atoms with Crippen LogP contribution < -0.4 is 10.1 Å². The molecule has 1 aromatic carbocycles. The Balaban J connectivity index is 1.34. The Kier molecular flexibility index (Phi) is 3.83. The molecule has 3 saturated heterocycles. The summed E-state index contributed by atoms with van der Waals surface area (Å²) in [6.45, 7) is 8.23. The first-order valence-electron chi connectivity index (χ1n) is 9.40. The lowest BCUT2D eigenvalue weighted by Crippen LogP contribution is -2.61. The van der Waals surface area contributed by atoms with Gasteiger partial charge in [0.15, 0.2) is 5.13 Å². The number of amidine groups is 1. The molecule has 7 heteroatoms. The predicted molar refractivity (Wildman–Crippen MR) is 104 cm³/mol. The summed E-state index contributed by atoms with van der Waals surface area (Å²) in [5, 5.41) is 4.11. The van der Waals surface area contributed by atoms with E-state index in [4.69, 9.17) is 9.47 Å². The van der Waals surface area contributed by atoms with Gasteiger partial charge in [0.05, 0.1) is 22.9 Å². The second-order valence-corrected chi connectivity index (χ2v) is 8.75. The van der Waals surface area contributed by atoms with Gasteiger partial charge in [-0.1, -0.05) is 17.4 Å². The fourth-order valence-electron chi connectivity index (χ4n) is 4.36. The summed E-state index contributed by atoms with van der Waals surface area (Å²) in [4.78, 5) is 11.8. The lowest BCUT2D eigenvalue weighted by Gasteiger charge is -2.50. The molecule has 1 atom stereocenters. The number of aliphatic imine (C=N–C) groups is 1. The maximum Gasteiger partial charge on any atom is 0.291 e. The zero-order valence-corrected chi connectivity index (χ0v) is 16.0. The van der Waals surface area contributed by atoms with Gasteiger partial charge in [-0.05, 0) is 51.9 Å². The van der Waals surface area contributed by atoms with E-state index in [0.29, 0.717) is 11.9 Å². The molecule has 26 heavy (non-hydrogen) atoms. The highest BCUT2D eigenvalue weighted by Gasteiger charge is 2.51. The van der Waals surface area contributed by atoms with Crippen LogP contribution in [0.4, 0.5) is 5.13 Å². The van der Waals surface area contributed by atoms with Gasteiger partial charge in [0.1, 0.15) is 11.4 Å². The van der Waals surface area contributed by atoms with E-state index in [0.717, 1.165) is 34.2 Å². The van der Waals surface area contributed by atoms with Crippen LogP contribution in [0.25, 0.3) is 10.2 Å². The molecule has 0 unspecified atom stereocenters. The molecule has 1 aromatic heterocycles. The maximum absolute atomic E-state index is 6.35. The number of rotatable bonds is 3. The van der Waals surface area contributed by atoms with Crippen molar-refractivity contribution in [1.29, 1.82) is 0 Å². The van der Waals surface area contributed by atoms with Crippen LogP contribution in [0.5, 0.6) is 5.75 Å². The van der Waals surface area contributed by atoms with Gasteiger partial charge in [0.2, 0.25) is 0 Å². The van der Waals surface area contributed by atoms with E-state index in [1.165, 1.54) is 25.9 Å². The molecular formula is C19H24N4O2S. The van der Waals surface area contributed by atoms with Gasteiger partial charge in [-0.25, -0.2) is 9.98 Å². The van der Waals surface area contributed by atoms with E-state index in [1.54, 1.807) is 11.3 Å². The first-order valence-corrected chi connectivity index (χ1v) is 10.2.